The van der Waals surface area contributed by atoms with E-state index in [1.165, 1.54) is 7.11 Å². The van der Waals surface area contributed by atoms with Crippen LogP contribution in [0.3, 0.4) is 0 Å². The van der Waals surface area contributed by atoms with E-state index in [0.717, 1.165) is 0 Å². The monoisotopic (exact) mass is 284 g/mol. The van der Waals surface area contributed by atoms with Crippen molar-refractivity contribution in [2.75, 3.05) is 7.11 Å². The standard InChI is InChI=1S/C13H20N2O5/c1-3-8(16)4-5-10(13(19)20-2)15-12(18)9-6-7-11(17)14-9/h9-10H,3-7H2,1-2H3,(H,14,17)(H,15,18)/t9-,10+/m0/s1. The van der Waals surface area contributed by atoms with E-state index in [-0.39, 0.29) is 24.5 Å². The van der Waals surface area contributed by atoms with Gasteiger partial charge in [-0.1, -0.05) is 6.92 Å². The summed E-state index contributed by atoms with van der Waals surface area (Å²) in [6.07, 6.45) is 1.50. The summed E-state index contributed by atoms with van der Waals surface area (Å²) < 4.78 is 4.61. The van der Waals surface area contributed by atoms with E-state index in [0.29, 0.717) is 19.3 Å². The van der Waals surface area contributed by atoms with Gasteiger partial charge in [-0.05, 0) is 12.8 Å². The van der Waals surface area contributed by atoms with E-state index >= 15 is 0 Å². The molecule has 0 spiro atoms. The summed E-state index contributed by atoms with van der Waals surface area (Å²) in [4.78, 5) is 45.9. The molecule has 0 aromatic carbocycles. The molecule has 2 amide bonds. The van der Waals surface area contributed by atoms with Crippen molar-refractivity contribution in [3.05, 3.63) is 0 Å². The van der Waals surface area contributed by atoms with Gasteiger partial charge < -0.3 is 15.4 Å². The molecule has 1 fully saturated rings. The highest BCUT2D eigenvalue weighted by Gasteiger charge is 2.30. The molecule has 1 saturated heterocycles. The minimum atomic E-state index is -0.861. The van der Waals surface area contributed by atoms with Crippen LogP contribution in [0.1, 0.15) is 39.0 Å². The van der Waals surface area contributed by atoms with Crippen molar-refractivity contribution in [1.82, 2.24) is 10.6 Å². The lowest BCUT2D eigenvalue weighted by Gasteiger charge is -2.18. The molecule has 1 aliphatic rings. The number of amides is 2. The molecule has 20 heavy (non-hydrogen) atoms. The molecular weight excluding hydrogens is 264 g/mol. The van der Waals surface area contributed by atoms with Crippen LogP contribution in [0.25, 0.3) is 0 Å². The summed E-state index contributed by atoms with van der Waals surface area (Å²) in [5, 5.41) is 5.05. The van der Waals surface area contributed by atoms with Crippen molar-refractivity contribution in [1.29, 1.82) is 0 Å². The van der Waals surface area contributed by atoms with Gasteiger partial charge in [-0.2, -0.15) is 0 Å². The van der Waals surface area contributed by atoms with Gasteiger partial charge in [-0.3, -0.25) is 14.4 Å². The van der Waals surface area contributed by atoms with Crippen LogP contribution in [0, 0.1) is 0 Å². The number of hydrogen-bond acceptors (Lipinski definition) is 5. The summed E-state index contributed by atoms with van der Waals surface area (Å²) >= 11 is 0. The predicted octanol–water partition coefficient (Wildman–Crippen LogP) is -0.318. The Hall–Kier alpha value is -1.92. The Balaban J connectivity index is 2.55. The molecule has 0 unspecified atom stereocenters. The van der Waals surface area contributed by atoms with Crippen LogP contribution in [0.4, 0.5) is 0 Å². The maximum Gasteiger partial charge on any atom is 0.328 e. The maximum atomic E-state index is 11.9. The van der Waals surface area contributed by atoms with Gasteiger partial charge in [0.2, 0.25) is 11.8 Å². The first-order valence-electron chi connectivity index (χ1n) is 6.67. The van der Waals surface area contributed by atoms with Gasteiger partial charge in [-0.25, -0.2) is 4.79 Å². The van der Waals surface area contributed by atoms with Gasteiger partial charge in [0, 0.05) is 19.3 Å². The Bertz CT molecular complexity index is 408. The van der Waals surface area contributed by atoms with E-state index in [9.17, 15) is 19.2 Å². The number of hydrogen-bond donors (Lipinski definition) is 2. The molecule has 1 heterocycles. The van der Waals surface area contributed by atoms with Crippen LogP contribution in [-0.4, -0.2) is 42.8 Å². The minimum absolute atomic E-state index is 0.0160. The summed E-state index contributed by atoms with van der Waals surface area (Å²) in [6, 6.07) is -1.47. The number of Topliss-reactive ketones (excluding diaryl/α,β-unsaturated/α-hetero) is 1. The van der Waals surface area contributed by atoms with E-state index in [1.54, 1.807) is 6.92 Å². The summed E-state index contributed by atoms with van der Waals surface area (Å²) in [5.74, 6) is -1.18. The minimum Gasteiger partial charge on any atom is -0.467 e. The van der Waals surface area contributed by atoms with Crippen molar-refractivity contribution >= 4 is 23.6 Å². The Morgan fingerprint density at radius 2 is 2.15 bits per heavy atom. The fourth-order valence-corrected chi connectivity index (χ4v) is 1.96. The average molecular weight is 284 g/mol. The molecule has 0 bridgehead atoms. The Morgan fingerprint density at radius 1 is 1.45 bits per heavy atom. The zero-order valence-corrected chi connectivity index (χ0v) is 11.7. The van der Waals surface area contributed by atoms with Crippen LogP contribution in [-0.2, 0) is 23.9 Å². The third kappa shape index (κ3) is 4.64. The largest absolute Gasteiger partial charge is 0.467 e. The zero-order valence-electron chi connectivity index (χ0n) is 11.7. The van der Waals surface area contributed by atoms with Crippen LogP contribution < -0.4 is 10.6 Å². The lowest BCUT2D eigenvalue weighted by Crippen LogP contribution is -2.49. The summed E-state index contributed by atoms with van der Waals surface area (Å²) in [5.41, 5.74) is 0. The first kappa shape index (κ1) is 16.1. The molecule has 0 aliphatic carbocycles. The van der Waals surface area contributed by atoms with Crippen molar-refractivity contribution in [3.8, 4) is 0 Å². The number of ketones is 1. The fourth-order valence-electron chi connectivity index (χ4n) is 1.96. The fraction of sp³-hybridized carbons (Fsp3) is 0.692. The summed E-state index contributed by atoms with van der Waals surface area (Å²) in [6.45, 7) is 1.74. The quantitative estimate of drug-likeness (QED) is 0.624. The first-order valence-corrected chi connectivity index (χ1v) is 6.67. The number of esters is 1. The molecule has 112 valence electrons. The third-order valence-corrected chi connectivity index (χ3v) is 3.22. The zero-order chi connectivity index (χ0) is 15.1. The lowest BCUT2D eigenvalue weighted by atomic mass is 10.1. The number of carbonyl (C=O) groups is 4. The molecule has 0 saturated carbocycles. The Labute approximate surface area is 117 Å². The van der Waals surface area contributed by atoms with Crippen molar-refractivity contribution in [3.63, 3.8) is 0 Å². The van der Waals surface area contributed by atoms with Crippen molar-refractivity contribution in [2.24, 2.45) is 0 Å². The van der Waals surface area contributed by atoms with Crippen LogP contribution in [0.15, 0.2) is 0 Å². The molecule has 7 heteroatoms. The molecule has 1 rings (SSSR count). The molecule has 0 radical (unpaired) electrons. The van der Waals surface area contributed by atoms with Gasteiger partial charge in [0.1, 0.15) is 17.9 Å². The first-order chi connectivity index (χ1) is 9.47. The smallest absolute Gasteiger partial charge is 0.328 e. The Morgan fingerprint density at radius 3 is 2.65 bits per heavy atom. The second-order valence-electron chi connectivity index (χ2n) is 4.67. The van der Waals surface area contributed by atoms with Crippen LogP contribution in [0.5, 0.6) is 0 Å². The molecule has 2 N–H and O–H groups in total. The van der Waals surface area contributed by atoms with Crippen LogP contribution in [0.2, 0.25) is 0 Å². The number of ether oxygens (including phenoxy) is 1. The van der Waals surface area contributed by atoms with E-state index in [4.69, 9.17) is 0 Å². The van der Waals surface area contributed by atoms with Crippen LogP contribution >= 0.6 is 0 Å². The number of rotatable bonds is 7. The van der Waals surface area contributed by atoms with Gasteiger partial charge in [0.15, 0.2) is 0 Å². The molecule has 7 nitrogen and oxygen atoms in total. The van der Waals surface area contributed by atoms with Gasteiger partial charge in [-0.15, -0.1) is 0 Å². The van der Waals surface area contributed by atoms with Gasteiger partial charge in [0.05, 0.1) is 7.11 Å². The highest BCUT2D eigenvalue weighted by molar-refractivity contribution is 5.93. The van der Waals surface area contributed by atoms with Crippen molar-refractivity contribution < 1.29 is 23.9 Å². The van der Waals surface area contributed by atoms with E-state index < -0.39 is 24.0 Å². The van der Waals surface area contributed by atoms with Gasteiger partial charge >= 0.3 is 5.97 Å². The van der Waals surface area contributed by atoms with E-state index in [2.05, 4.69) is 15.4 Å². The summed E-state index contributed by atoms with van der Waals surface area (Å²) in [7, 11) is 1.22. The van der Waals surface area contributed by atoms with Gasteiger partial charge in [0.25, 0.3) is 0 Å². The second-order valence-corrected chi connectivity index (χ2v) is 4.67. The Kier molecular flexibility index (Phi) is 6.14. The number of carbonyl (C=O) groups excluding carboxylic acids is 4. The average Bonchev–Trinajstić information content (AvgIpc) is 2.88. The SMILES string of the molecule is CCC(=O)CC[C@@H](NC(=O)[C@@H]1CCC(=O)N1)C(=O)OC. The maximum absolute atomic E-state index is 11.9. The molecule has 1 aliphatic heterocycles. The van der Waals surface area contributed by atoms with Crippen molar-refractivity contribution in [2.45, 2.75) is 51.1 Å². The lowest BCUT2D eigenvalue weighted by molar-refractivity contribution is -0.145. The highest BCUT2D eigenvalue weighted by atomic mass is 16.5. The normalized spacial score (nSPS) is 19.1. The molecule has 2 atom stereocenters. The molecule has 0 aromatic rings. The number of nitrogens with one attached hydrogen (secondary N) is 2. The third-order valence-electron chi connectivity index (χ3n) is 3.22. The number of methoxy groups -OCH3 is 1. The topological polar surface area (TPSA) is 102 Å². The second kappa shape index (κ2) is 7.62. The highest BCUT2D eigenvalue weighted by Crippen LogP contribution is 2.08. The molecule has 0 aromatic heterocycles. The molecular formula is C13H20N2O5. The van der Waals surface area contributed by atoms with E-state index in [1.807, 2.05) is 0 Å². The predicted molar refractivity (Wildman–Crippen MR) is 69.6 cm³/mol.